The standard InChI is InChI=1S/C14H22N2O3S2/c1-9-8-10(2)14(11(3)13(9)15)21(18,19)16-12-4-6-20(17)7-5-12/h8,12,16H,4-7,15H2,1-3H3. The molecule has 1 aromatic rings. The van der Waals surface area contributed by atoms with Gasteiger partial charge in [0.05, 0.1) is 4.90 Å². The van der Waals surface area contributed by atoms with Gasteiger partial charge in [-0.1, -0.05) is 6.07 Å². The van der Waals surface area contributed by atoms with Gasteiger partial charge in [-0.25, -0.2) is 13.1 Å². The van der Waals surface area contributed by atoms with Crippen LogP contribution in [0.25, 0.3) is 0 Å². The summed E-state index contributed by atoms with van der Waals surface area (Å²) in [5.41, 5.74) is 8.67. The molecule has 1 aliphatic heterocycles. The van der Waals surface area contributed by atoms with Gasteiger partial charge in [0.15, 0.2) is 0 Å². The number of anilines is 1. The summed E-state index contributed by atoms with van der Waals surface area (Å²) in [6.07, 6.45) is 1.23. The Labute approximate surface area is 128 Å². The molecule has 118 valence electrons. The van der Waals surface area contributed by atoms with Gasteiger partial charge in [-0.05, 0) is 50.3 Å². The van der Waals surface area contributed by atoms with Crippen LogP contribution in [0.1, 0.15) is 29.5 Å². The molecule has 2 rings (SSSR count). The van der Waals surface area contributed by atoms with E-state index in [1.165, 1.54) is 0 Å². The average Bonchev–Trinajstić information content (AvgIpc) is 2.38. The van der Waals surface area contributed by atoms with Crippen molar-refractivity contribution in [1.82, 2.24) is 4.72 Å². The monoisotopic (exact) mass is 330 g/mol. The predicted molar refractivity (Wildman–Crippen MR) is 86.3 cm³/mol. The first-order valence-electron chi connectivity index (χ1n) is 6.96. The van der Waals surface area contributed by atoms with Crippen LogP contribution in [0, 0.1) is 20.8 Å². The molecule has 0 aromatic heterocycles. The van der Waals surface area contributed by atoms with Crippen LogP contribution < -0.4 is 10.5 Å². The summed E-state index contributed by atoms with van der Waals surface area (Å²) in [5, 5.41) is 0. The highest BCUT2D eigenvalue weighted by Crippen LogP contribution is 2.28. The van der Waals surface area contributed by atoms with E-state index in [4.69, 9.17) is 5.73 Å². The smallest absolute Gasteiger partial charge is 0.241 e. The van der Waals surface area contributed by atoms with Gasteiger partial charge in [0.25, 0.3) is 0 Å². The Bertz CT molecular complexity index is 674. The third-order valence-corrected chi connectivity index (χ3v) is 7.13. The molecule has 0 radical (unpaired) electrons. The van der Waals surface area contributed by atoms with E-state index in [0.29, 0.717) is 41.2 Å². The lowest BCUT2D eigenvalue weighted by Gasteiger charge is -2.24. The lowest BCUT2D eigenvalue weighted by molar-refractivity contribution is 0.521. The first-order valence-corrected chi connectivity index (χ1v) is 9.93. The van der Waals surface area contributed by atoms with Crippen molar-refractivity contribution in [2.75, 3.05) is 17.2 Å². The number of nitrogens with two attached hydrogens (primary N) is 1. The molecule has 7 heteroatoms. The first-order chi connectivity index (χ1) is 9.72. The van der Waals surface area contributed by atoms with Crippen LogP contribution in [-0.4, -0.2) is 30.2 Å². The van der Waals surface area contributed by atoms with E-state index in [2.05, 4.69) is 4.72 Å². The summed E-state index contributed by atoms with van der Waals surface area (Å²) in [7, 11) is -4.41. The molecule has 1 aliphatic rings. The Balaban J connectivity index is 2.32. The maximum absolute atomic E-state index is 12.6. The van der Waals surface area contributed by atoms with Gasteiger partial charge in [0.2, 0.25) is 10.0 Å². The van der Waals surface area contributed by atoms with Crippen molar-refractivity contribution in [1.29, 1.82) is 0 Å². The molecular weight excluding hydrogens is 308 g/mol. The van der Waals surface area contributed by atoms with Gasteiger partial charge >= 0.3 is 0 Å². The number of aryl methyl sites for hydroxylation is 2. The van der Waals surface area contributed by atoms with Crippen LogP contribution in [0.15, 0.2) is 11.0 Å². The van der Waals surface area contributed by atoms with Gasteiger partial charge in [-0.3, -0.25) is 4.21 Å². The molecule has 0 spiro atoms. The molecule has 0 atom stereocenters. The third kappa shape index (κ3) is 3.46. The quantitative estimate of drug-likeness (QED) is 0.820. The second-order valence-corrected chi connectivity index (χ2v) is 8.97. The molecule has 21 heavy (non-hydrogen) atoms. The number of nitrogen functional groups attached to an aromatic ring is 1. The maximum Gasteiger partial charge on any atom is 0.241 e. The Hall–Kier alpha value is -0.920. The van der Waals surface area contributed by atoms with Gasteiger partial charge in [-0.2, -0.15) is 0 Å². The number of nitrogens with one attached hydrogen (secondary N) is 1. The normalized spacial score (nSPS) is 23.2. The average molecular weight is 330 g/mol. The van der Waals surface area contributed by atoms with Crippen LogP contribution in [-0.2, 0) is 20.8 Å². The van der Waals surface area contributed by atoms with Crippen molar-refractivity contribution >= 4 is 26.5 Å². The molecule has 5 nitrogen and oxygen atoms in total. The molecule has 0 aliphatic carbocycles. The molecule has 0 amide bonds. The lowest BCUT2D eigenvalue weighted by Crippen LogP contribution is -2.40. The van der Waals surface area contributed by atoms with E-state index >= 15 is 0 Å². The summed E-state index contributed by atoms with van der Waals surface area (Å²) in [6.45, 7) is 5.39. The molecule has 1 heterocycles. The summed E-state index contributed by atoms with van der Waals surface area (Å²) in [6, 6.07) is 1.65. The van der Waals surface area contributed by atoms with Gasteiger partial charge < -0.3 is 5.73 Å². The van der Waals surface area contributed by atoms with Gasteiger partial charge in [0, 0.05) is 34.0 Å². The largest absolute Gasteiger partial charge is 0.398 e. The van der Waals surface area contributed by atoms with Crippen molar-refractivity contribution < 1.29 is 12.6 Å². The zero-order chi connectivity index (χ0) is 15.8. The number of hydrogen-bond donors (Lipinski definition) is 2. The second kappa shape index (κ2) is 6.06. The highest BCUT2D eigenvalue weighted by molar-refractivity contribution is 7.89. The van der Waals surface area contributed by atoms with Crippen LogP contribution >= 0.6 is 0 Å². The van der Waals surface area contributed by atoms with Crippen molar-refractivity contribution in [3.8, 4) is 0 Å². The van der Waals surface area contributed by atoms with Crippen molar-refractivity contribution in [3.63, 3.8) is 0 Å². The summed E-state index contributed by atoms with van der Waals surface area (Å²) < 4.78 is 39.4. The summed E-state index contributed by atoms with van der Waals surface area (Å²) >= 11 is 0. The Kier molecular flexibility index (Phi) is 4.75. The fraction of sp³-hybridized carbons (Fsp3) is 0.571. The van der Waals surface area contributed by atoms with Crippen molar-refractivity contribution in [2.24, 2.45) is 0 Å². The number of hydrogen-bond acceptors (Lipinski definition) is 4. The van der Waals surface area contributed by atoms with E-state index in [-0.39, 0.29) is 10.9 Å². The second-order valence-electron chi connectivity index (χ2n) is 5.62. The first kappa shape index (κ1) is 16.5. The van der Waals surface area contributed by atoms with Crippen LogP contribution in [0.3, 0.4) is 0 Å². The molecule has 0 saturated carbocycles. The number of benzene rings is 1. The van der Waals surface area contributed by atoms with E-state index in [1.54, 1.807) is 19.9 Å². The molecule has 0 unspecified atom stereocenters. The third-order valence-electron chi connectivity index (χ3n) is 3.94. The highest BCUT2D eigenvalue weighted by atomic mass is 32.2. The van der Waals surface area contributed by atoms with Crippen LogP contribution in [0.5, 0.6) is 0 Å². The van der Waals surface area contributed by atoms with E-state index in [9.17, 15) is 12.6 Å². The summed E-state index contributed by atoms with van der Waals surface area (Å²) in [4.78, 5) is 0.275. The molecule has 0 bridgehead atoms. The fourth-order valence-electron chi connectivity index (χ4n) is 2.79. The fourth-order valence-corrected chi connectivity index (χ4v) is 5.87. The van der Waals surface area contributed by atoms with Gasteiger partial charge in [-0.15, -0.1) is 0 Å². The topological polar surface area (TPSA) is 89.3 Å². The zero-order valence-corrected chi connectivity index (χ0v) is 14.2. The highest BCUT2D eigenvalue weighted by Gasteiger charge is 2.27. The zero-order valence-electron chi connectivity index (χ0n) is 12.6. The summed E-state index contributed by atoms with van der Waals surface area (Å²) in [5.74, 6) is 1.11. The molecule has 3 N–H and O–H groups in total. The molecule has 1 fully saturated rings. The van der Waals surface area contributed by atoms with Gasteiger partial charge in [0.1, 0.15) is 0 Å². The SMILES string of the molecule is Cc1cc(C)c(S(=O)(=O)NC2CCS(=O)CC2)c(C)c1N. The number of sulfonamides is 1. The molecular formula is C14H22N2O3S2. The van der Waals surface area contributed by atoms with Crippen molar-refractivity contribution in [3.05, 3.63) is 22.8 Å². The van der Waals surface area contributed by atoms with E-state index < -0.39 is 20.8 Å². The predicted octanol–water partition coefficient (Wildman–Crippen LogP) is 1.38. The Morgan fingerprint density at radius 2 is 1.76 bits per heavy atom. The molecule has 1 aromatic carbocycles. The van der Waals surface area contributed by atoms with Crippen LogP contribution in [0.4, 0.5) is 5.69 Å². The van der Waals surface area contributed by atoms with E-state index in [0.717, 1.165) is 5.56 Å². The number of rotatable bonds is 3. The molecule has 1 saturated heterocycles. The minimum Gasteiger partial charge on any atom is -0.398 e. The maximum atomic E-state index is 12.6. The Morgan fingerprint density at radius 1 is 1.19 bits per heavy atom. The van der Waals surface area contributed by atoms with Crippen molar-refractivity contribution in [2.45, 2.75) is 44.6 Å². The minimum atomic E-state index is -3.61. The van der Waals surface area contributed by atoms with Crippen LogP contribution in [0.2, 0.25) is 0 Å². The Morgan fingerprint density at radius 3 is 2.33 bits per heavy atom. The van der Waals surface area contributed by atoms with E-state index in [1.807, 2.05) is 6.92 Å². The minimum absolute atomic E-state index is 0.144. The lowest BCUT2D eigenvalue weighted by atomic mass is 10.1.